The molecule has 0 heterocycles. The van der Waals surface area contributed by atoms with Crippen LogP contribution in [0.3, 0.4) is 0 Å². The lowest BCUT2D eigenvalue weighted by Crippen LogP contribution is -2.27. The number of carbonyl (C=O) groups is 1. The highest BCUT2D eigenvalue weighted by Crippen LogP contribution is 2.47. The molecule has 0 aliphatic carbocycles. The van der Waals surface area contributed by atoms with Gasteiger partial charge in [-0.15, -0.1) is 11.6 Å². The van der Waals surface area contributed by atoms with Crippen LogP contribution in [0.15, 0.2) is 36.4 Å². The van der Waals surface area contributed by atoms with Crippen molar-refractivity contribution in [3.05, 3.63) is 36.4 Å². The molecule has 0 aromatic heterocycles. The molecule has 0 bridgehead atoms. The summed E-state index contributed by atoms with van der Waals surface area (Å²) in [5, 5.41) is 4.94. The molecule has 0 radical (unpaired) electrons. The van der Waals surface area contributed by atoms with Crippen LogP contribution in [-0.4, -0.2) is 44.4 Å². The zero-order valence-corrected chi connectivity index (χ0v) is 33.4. The van der Waals surface area contributed by atoms with E-state index in [1.807, 2.05) is 26.0 Å². The van der Waals surface area contributed by atoms with E-state index < -0.39 is 11.3 Å². The quantitative estimate of drug-likeness (QED) is 0.0233. The lowest BCUT2D eigenvalue weighted by Gasteiger charge is -2.21. The summed E-state index contributed by atoms with van der Waals surface area (Å²) in [6.07, 6.45) is 10.4. The van der Waals surface area contributed by atoms with E-state index in [-0.39, 0.29) is 5.92 Å². The Morgan fingerprint density at radius 3 is 0.981 bits per heavy atom. The van der Waals surface area contributed by atoms with Crippen LogP contribution in [0.2, 0.25) is 0 Å². The van der Waals surface area contributed by atoms with Crippen molar-refractivity contribution < 1.29 is 33.2 Å². The first-order valence-electron chi connectivity index (χ1n) is 19.9. The van der Waals surface area contributed by atoms with Crippen LogP contribution in [0.25, 0.3) is 32.3 Å². The van der Waals surface area contributed by atoms with E-state index >= 15 is 0 Å². The summed E-state index contributed by atoms with van der Waals surface area (Å²) in [6.45, 7) is 17.6. The van der Waals surface area contributed by atoms with Gasteiger partial charge in [-0.1, -0.05) is 87.0 Å². The second-order valence-corrected chi connectivity index (χ2v) is 14.2. The monoisotopic (exact) mass is 736 g/mol. The van der Waals surface area contributed by atoms with Crippen molar-refractivity contribution in [3.63, 3.8) is 0 Å². The molecule has 4 rings (SSSR count). The molecule has 0 N–H and O–H groups in total. The molecule has 4 aromatic carbocycles. The van der Waals surface area contributed by atoms with Gasteiger partial charge in [0.15, 0.2) is 34.5 Å². The number of alkyl halides is 1. The minimum absolute atomic E-state index is 0.0438. The van der Waals surface area contributed by atoms with Gasteiger partial charge in [0, 0.05) is 0 Å². The lowest BCUT2D eigenvalue weighted by atomic mass is 9.93. The third kappa shape index (κ3) is 10.5. The van der Waals surface area contributed by atoms with Crippen LogP contribution in [0.1, 0.15) is 119 Å². The molecule has 7 nitrogen and oxygen atoms in total. The Labute approximate surface area is 316 Å². The molecule has 0 saturated heterocycles. The highest BCUT2D eigenvalue weighted by atomic mass is 35.5. The van der Waals surface area contributed by atoms with E-state index in [0.717, 1.165) is 109 Å². The van der Waals surface area contributed by atoms with Crippen LogP contribution in [0.4, 0.5) is 0 Å². The first-order chi connectivity index (χ1) is 25.3. The summed E-state index contributed by atoms with van der Waals surface area (Å²) in [6, 6.07) is 12.3. The van der Waals surface area contributed by atoms with Crippen LogP contribution < -0.4 is 28.4 Å². The average Bonchev–Trinajstić information content (AvgIpc) is 3.15. The topological polar surface area (TPSA) is 72.5 Å². The maximum absolute atomic E-state index is 13.4. The Kier molecular flexibility index (Phi) is 16.8. The second kappa shape index (κ2) is 21.2. The number of halogens is 1. The number of hydrogen-bond acceptors (Lipinski definition) is 7. The van der Waals surface area contributed by atoms with Gasteiger partial charge in [-0.3, -0.25) is 4.79 Å². The van der Waals surface area contributed by atoms with E-state index in [1.165, 1.54) is 0 Å². The maximum Gasteiger partial charge on any atom is 0.329 e. The molecular weight excluding hydrogens is 676 g/mol. The lowest BCUT2D eigenvalue weighted by molar-refractivity contribution is -0.135. The van der Waals surface area contributed by atoms with Crippen molar-refractivity contribution in [1.29, 1.82) is 0 Å². The maximum atomic E-state index is 13.4. The third-order valence-electron chi connectivity index (χ3n) is 9.48. The predicted molar refractivity (Wildman–Crippen MR) is 216 cm³/mol. The molecule has 4 aromatic rings. The van der Waals surface area contributed by atoms with Gasteiger partial charge in [-0.25, -0.2) is 0 Å². The molecule has 2 atom stereocenters. The number of rotatable bonds is 24. The standard InChI is InChI=1S/C44H61ClO7/c1-8-14-19-47-37-24-31-32-25-38(48-20-15-9-2)40(50-22-17-11-4)27-34(32)36-29-42(52-44(46)43(45)30(7)13-6)41(51-23-18-12-5)28-35(36)33(31)26-39(37)49-21-16-10-3/h24-30,43H,8-23H2,1-7H3/t30-,43-/m0/s1. The van der Waals surface area contributed by atoms with Gasteiger partial charge in [-0.2, -0.15) is 0 Å². The molecular formula is C44H61ClO7. The van der Waals surface area contributed by atoms with Gasteiger partial charge in [-0.05, 0) is 107 Å². The fourth-order valence-electron chi connectivity index (χ4n) is 5.90. The summed E-state index contributed by atoms with van der Waals surface area (Å²) in [5.41, 5.74) is 0. The number of benzene rings is 4. The minimum atomic E-state index is -0.784. The summed E-state index contributed by atoms with van der Waals surface area (Å²) >= 11 is 6.61. The molecule has 0 saturated carbocycles. The summed E-state index contributed by atoms with van der Waals surface area (Å²) in [5.74, 6) is 3.14. The smallest absolute Gasteiger partial charge is 0.329 e. The van der Waals surface area contributed by atoms with E-state index in [2.05, 4.69) is 58.9 Å². The highest BCUT2D eigenvalue weighted by Gasteiger charge is 2.26. The van der Waals surface area contributed by atoms with Crippen molar-refractivity contribution in [2.45, 2.75) is 124 Å². The van der Waals surface area contributed by atoms with Gasteiger partial charge in [0.05, 0.1) is 33.0 Å². The largest absolute Gasteiger partial charge is 0.490 e. The molecule has 0 amide bonds. The van der Waals surface area contributed by atoms with E-state index in [0.29, 0.717) is 61.8 Å². The average molecular weight is 737 g/mol. The number of carbonyl (C=O) groups excluding carboxylic acids is 1. The van der Waals surface area contributed by atoms with Gasteiger partial charge < -0.3 is 28.4 Å². The van der Waals surface area contributed by atoms with Crippen molar-refractivity contribution in [1.82, 2.24) is 0 Å². The first kappa shape index (κ1) is 41.2. The second-order valence-electron chi connectivity index (χ2n) is 13.8. The third-order valence-corrected chi connectivity index (χ3v) is 10.1. The van der Waals surface area contributed by atoms with Gasteiger partial charge in [0.25, 0.3) is 0 Å². The zero-order valence-electron chi connectivity index (χ0n) is 32.7. The summed E-state index contributed by atoms with van der Waals surface area (Å²) < 4.78 is 38.1. The van der Waals surface area contributed by atoms with Crippen molar-refractivity contribution >= 4 is 49.9 Å². The molecule has 286 valence electrons. The van der Waals surface area contributed by atoms with Crippen LogP contribution in [0, 0.1) is 5.92 Å². The Morgan fingerprint density at radius 2 is 0.731 bits per heavy atom. The summed E-state index contributed by atoms with van der Waals surface area (Å²) in [4.78, 5) is 13.4. The van der Waals surface area contributed by atoms with E-state index in [1.54, 1.807) is 0 Å². The van der Waals surface area contributed by atoms with Gasteiger partial charge in [0.2, 0.25) is 0 Å². The van der Waals surface area contributed by atoms with Crippen LogP contribution in [-0.2, 0) is 4.79 Å². The molecule has 0 aliphatic rings. The number of ether oxygens (including phenoxy) is 6. The molecule has 0 unspecified atom stereocenters. The predicted octanol–water partition coefficient (Wildman–Crippen LogP) is 12.6. The highest BCUT2D eigenvalue weighted by molar-refractivity contribution is 6.30. The van der Waals surface area contributed by atoms with Gasteiger partial charge >= 0.3 is 5.97 Å². The first-order valence-corrected chi connectivity index (χ1v) is 20.3. The summed E-state index contributed by atoms with van der Waals surface area (Å²) in [7, 11) is 0. The fourth-order valence-corrected chi connectivity index (χ4v) is 6.12. The van der Waals surface area contributed by atoms with Crippen molar-refractivity contribution in [3.8, 4) is 34.5 Å². The Balaban J connectivity index is 2.08. The van der Waals surface area contributed by atoms with Crippen LogP contribution >= 0.6 is 11.6 Å². The number of unbranched alkanes of at least 4 members (excludes halogenated alkanes) is 5. The molecule has 0 spiro atoms. The van der Waals surface area contributed by atoms with E-state index in [4.69, 9.17) is 40.0 Å². The van der Waals surface area contributed by atoms with Crippen LogP contribution in [0.5, 0.6) is 34.5 Å². The molecule has 0 fully saturated rings. The normalized spacial score (nSPS) is 12.6. The number of fused-ring (bicyclic) bond motifs is 6. The van der Waals surface area contributed by atoms with Crippen molar-refractivity contribution in [2.75, 3.05) is 33.0 Å². The SMILES string of the molecule is CCCCOc1cc2c3cc(OCCCC)c(OCCCC)cc3c3cc(OC(=O)[C@@H](Cl)[C@@H](C)CC)c(OCCCC)cc3c2cc1OCCCC. The number of esters is 1. The van der Waals surface area contributed by atoms with Gasteiger partial charge in [0.1, 0.15) is 5.38 Å². The Hall–Kier alpha value is -3.58. The Morgan fingerprint density at radius 1 is 0.481 bits per heavy atom. The molecule has 52 heavy (non-hydrogen) atoms. The molecule has 8 heteroatoms. The number of hydrogen-bond donors (Lipinski definition) is 0. The minimum Gasteiger partial charge on any atom is -0.490 e. The fraction of sp³-hybridized carbons (Fsp3) is 0.568. The van der Waals surface area contributed by atoms with Crippen molar-refractivity contribution in [2.24, 2.45) is 5.92 Å². The Bertz CT molecular complexity index is 1690. The zero-order chi connectivity index (χ0) is 37.5. The van der Waals surface area contributed by atoms with E-state index in [9.17, 15) is 4.79 Å². The molecule has 0 aliphatic heterocycles.